The van der Waals surface area contributed by atoms with Crippen LogP contribution in [-0.4, -0.2) is 24.0 Å². The van der Waals surface area contributed by atoms with E-state index in [-0.39, 0.29) is 42.2 Å². The molecule has 1 aromatic heterocycles. The molecule has 1 aromatic rings. The Kier molecular flexibility index (Phi) is 5.66. The van der Waals surface area contributed by atoms with Crippen molar-refractivity contribution < 1.29 is 4.79 Å². The van der Waals surface area contributed by atoms with Crippen LogP contribution in [0.4, 0.5) is 0 Å². The topological polar surface area (TPSA) is 54.0 Å². The van der Waals surface area contributed by atoms with Crippen LogP contribution in [0.25, 0.3) is 0 Å². The third-order valence-electron chi connectivity index (χ3n) is 5.70. The number of halogens is 2. The molecule has 2 N–H and O–H groups in total. The zero-order valence-corrected chi connectivity index (χ0v) is 15.8. The molecule has 2 saturated carbocycles. The van der Waals surface area contributed by atoms with Gasteiger partial charge in [0.1, 0.15) is 5.01 Å². The molecule has 23 heavy (non-hydrogen) atoms. The highest BCUT2D eigenvalue weighted by molar-refractivity contribution is 7.09. The fourth-order valence-electron chi connectivity index (χ4n) is 4.02. The van der Waals surface area contributed by atoms with Gasteiger partial charge in [-0.3, -0.25) is 4.79 Å². The van der Waals surface area contributed by atoms with E-state index in [1.165, 1.54) is 6.42 Å². The van der Waals surface area contributed by atoms with Gasteiger partial charge in [0, 0.05) is 17.0 Å². The Morgan fingerprint density at radius 2 is 2.00 bits per heavy atom. The van der Waals surface area contributed by atoms with Crippen LogP contribution >= 0.6 is 36.2 Å². The van der Waals surface area contributed by atoms with Crippen molar-refractivity contribution in [3.63, 3.8) is 0 Å². The number of nitrogens with zero attached hydrogens (tertiary/aromatic N) is 1. The molecule has 7 heteroatoms. The van der Waals surface area contributed by atoms with Gasteiger partial charge in [0.15, 0.2) is 0 Å². The zero-order chi connectivity index (χ0) is 14.5. The van der Waals surface area contributed by atoms with E-state index in [4.69, 9.17) is 0 Å². The summed E-state index contributed by atoms with van der Waals surface area (Å²) in [6, 6.07) is 0. The lowest BCUT2D eigenvalue weighted by Crippen LogP contribution is -2.51. The Morgan fingerprint density at radius 3 is 2.52 bits per heavy atom. The van der Waals surface area contributed by atoms with Crippen LogP contribution in [-0.2, 0) is 10.3 Å². The number of hydrogen-bond acceptors (Lipinski definition) is 4. The van der Waals surface area contributed by atoms with Crippen molar-refractivity contribution in [3.05, 3.63) is 16.1 Å². The molecule has 1 atom stereocenters. The molecule has 2 aliphatic carbocycles. The maximum Gasteiger partial charge on any atom is 0.224 e. The van der Waals surface area contributed by atoms with Crippen molar-refractivity contribution in [2.75, 3.05) is 13.1 Å². The van der Waals surface area contributed by atoms with Gasteiger partial charge in [-0.05, 0) is 64.0 Å². The molecule has 1 aliphatic heterocycles. The average Bonchev–Trinajstić information content (AvgIpc) is 2.94. The molecular weight excluding hydrogens is 353 g/mol. The summed E-state index contributed by atoms with van der Waals surface area (Å²) in [6.07, 6.45) is 6.70. The number of carbonyl (C=O) groups is 1. The van der Waals surface area contributed by atoms with Crippen molar-refractivity contribution in [1.82, 2.24) is 15.6 Å². The highest BCUT2D eigenvalue weighted by Crippen LogP contribution is 2.59. The second-order valence-electron chi connectivity index (χ2n) is 7.09. The van der Waals surface area contributed by atoms with Gasteiger partial charge < -0.3 is 10.6 Å². The standard InChI is InChI=1S/C16H23N3OS.2ClH/c1-11-10-21-14(18-11)16(3-2-4-16)19-13(20)12-9-15(12)5-7-17-8-6-15;;/h10,12,17H,2-9H2,1H3,(H,19,20);2*1H. The molecule has 1 amide bonds. The first kappa shape index (κ1) is 19.0. The number of nitrogens with one attached hydrogen (secondary N) is 2. The van der Waals surface area contributed by atoms with Crippen molar-refractivity contribution in [3.8, 4) is 0 Å². The summed E-state index contributed by atoms with van der Waals surface area (Å²) in [5, 5.41) is 9.98. The van der Waals surface area contributed by atoms with Gasteiger partial charge in [-0.25, -0.2) is 4.98 Å². The predicted molar refractivity (Wildman–Crippen MR) is 97.7 cm³/mol. The third kappa shape index (κ3) is 3.26. The predicted octanol–water partition coefficient (Wildman–Crippen LogP) is 3.18. The Balaban J connectivity index is 0.000000960. The van der Waals surface area contributed by atoms with Crippen LogP contribution in [0.2, 0.25) is 0 Å². The maximum absolute atomic E-state index is 12.7. The summed E-state index contributed by atoms with van der Waals surface area (Å²) in [6.45, 7) is 4.17. The van der Waals surface area contributed by atoms with Gasteiger partial charge in [0.25, 0.3) is 0 Å². The van der Waals surface area contributed by atoms with Crippen LogP contribution in [0, 0.1) is 18.3 Å². The quantitative estimate of drug-likeness (QED) is 0.850. The van der Waals surface area contributed by atoms with Crippen molar-refractivity contribution in [2.45, 2.75) is 51.0 Å². The molecule has 2 heterocycles. The second-order valence-corrected chi connectivity index (χ2v) is 7.95. The van der Waals surface area contributed by atoms with E-state index >= 15 is 0 Å². The van der Waals surface area contributed by atoms with Crippen LogP contribution in [0.15, 0.2) is 5.38 Å². The zero-order valence-electron chi connectivity index (χ0n) is 13.4. The highest BCUT2D eigenvalue weighted by atomic mass is 35.5. The third-order valence-corrected chi connectivity index (χ3v) is 6.87. The minimum absolute atomic E-state index is 0. The summed E-state index contributed by atoms with van der Waals surface area (Å²) >= 11 is 1.70. The van der Waals surface area contributed by atoms with E-state index in [1.54, 1.807) is 11.3 Å². The number of piperidine rings is 1. The molecule has 1 unspecified atom stereocenters. The Hall–Kier alpha value is -0.360. The number of aromatic nitrogens is 1. The summed E-state index contributed by atoms with van der Waals surface area (Å²) < 4.78 is 0. The van der Waals surface area contributed by atoms with Crippen LogP contribution < -0.4 is 10.6 Å². The summed E-state index contributed by atoms with van der Waals surface area (Å²) in [5.74, 6) is 0.530. The van der Waals surface area contributed by atoms with E-state index in [9.17, 15) is 4.79 Å². The molecule has 3 aliphatic rings. The van der Waals surface area contributed by atoms with E-state index < -0.39 is 0 Å². The number of hydrogen-bond donors (Lipinski definition) is 2. The lowest BCUT2D eigenvalue weighted by Gasteiger charge is -2.41. The summed E-state index contributed by atoms with van der Waals surface area (Å²) in [4.78, 5) is 17.3. The molecule has 0 aromatic carbocycles. The first-order chi connectivity index (χ1) is 10.1. The largest absolute Gasteiger partial charge is 0.344 e. The van der Waals surface area contributed by atoms with Gasteiger partial charge >= 0.3 is 0 Å². The Bertz CT molecular complexity index is 567. The fraction of sp³-hybridized carbons (Fsp3) is 0.750. The molecule has 0 radical (unpaired) electrons. The number of carbonyl (C=O) groups excluding carboxylic acids is 1. The number of thiazole rings is 1. The molecule has 1 saturated heterocycles. The Labute approximate surface area is 154 Å². The van der Waals surface area contributed by atoms with Crippen molar-refractivity contribution in [2.24, 2.45) is 11.3 Å². The number of rotatable bonds is 3. The van der Waals surface area contributed by atoms with E-state index in [0.29, 0.717) is 5.41 Å². The van der Waals surface area contributed by atoms with Crippen LogP contribution in [0.3, 0.4) is 0 Å². The summed E-state index contributed by atoms with van der Waals surface area (Å²) in [7, 11) is 0. The first-order valence-corrected chi connectivity index (χ1v) is 8.97. The Morgan fingerprint density at radius 1 is 1.30 bits per heavy atom. The second kappa shape index (κ2) is 6.87. The first-order valence-electron chi connectivity index (χ1n) is 8.09. The SMILES string of the molecule is Cc1csc(C2(NC(=O)C3CC34CCNCC4)CCC2)n1.Cl.Cl. The van der Waals surface area contributed by atoms with Crippen LogP contribution in [0.1, 0.15) is 49.2 Å². The van der Waals surface area contributed by atoms with Gasteiger partial charge in [-0.1, -0.05) is 0 Å². The fourth-order valence-corrected chi connectivity index (χ4v) is 5.03. The molecule has 4 rings (SSSR count). The van der Waals surface area contributed by atoms with Crippen molar-refractivity contribution >= 4 is 42.1 Å². The summed E-state index contributed by atoms with van der Waals surface area (Å²) in [5.41, 5.74) is 1.24. The van der Waals surface area contributed by atoms with Crippen molar-refractivity contribution in [1.29, 1.82) is 0 Å². The maximum atomic E-state index is 12.7. The molecule has 130 valence electrons. The van der Waals surface area contributed by atoms with Gasteiger partial charge in [0.05, 0.1) is 5.54 Å². The average molecular weight is 378 g/mol. The van der Waals surface area contributed by atoms with E-state index in [1.807, 2.05) is 6.92 Å². The number of amides is 1. The van der Waals surface area contributed by atoms with Gasteiger partial charge in [-0.15, -0.1) is 36.2 Å². The normalized spacial score (nSPS) is 26.4. The van der Waals surface area contributed by atoms with E-state index in [2.05, 4.69) is 21.0 Å². The molecule has 3 fully saturated rings. The lowest BCUT2D eigenvalue weighted by atomic mass is 9.77. The number of aryl methyl sites for hydroxylation is 1. The molecule has 4 nitrogen and oxygen atoms in total. The molecule has 0 bridgehead atoms. The lowest BCUT2D eigenvalue weighted by molar-refractivity contribution is -0.126. The monoisotopic (exact) mass is 377 g/mol. The minimum Gasteiger partial charge on any atom is -0.344 e. The van der Waals surface area contributed by atoms with Gasteiger partial charge in [0.2, 0.25) is 5.91 Å². The van der Waals surface area contributed by atoms with Crippen LogP contribution in [0.5, 0.6) is 0 Å². The minimum atomic E-state index is -0.146. The molecular formula is C16H25Cl2N3OS. The highest BCUT2D eigenvalue weighted by Gasteiger charge is 2.59. The van der Waals surface area contributed by atoms with E-state index in [0.717, 1.165) is 55.9 Å². The molecule has 1 spiro atoms. The smallest absolute Gasteiger partial charge is 0.224 e. The van der Waals surface area contributed by atoms with Gasteiger partial charge in [-0.2, -0.15) is 0 Å².